The number of anilines is 3. The van der Waals surface area contributed by atoms with Gasteiger partial charge in [-0.2, -0.15) is 0 Å². The molecule has 2 N–H and O–H groups in total. The fraction of sp³-hybridized carbons (Fsp3) is 0.143. The Labute approximate surface area is 271 Å². The van der Waals surface area contributed by atoms with E-state index in [0.717, 1.165) is 5.06 Å². The number of fused-ring (bicyclic) bond motifs is 1. The Balaban J connectivity index is 1.60. The summed E-state index contributed by atoms with van der Waals surface area (Å²) in [5.74, 6) is -2.63. The van der Waals surface area contributed by atoms with E-state index >= 15 is 0 Å². The minimum atomic E-state index is -4.13. The van der Waals surface area contributed by atoms with Gasteiger partial charge < -0.3 is 14.9 Å². The lowest BCUT2D eigenvalue weighted by molar-refractivity contribution is -0.157. The summed E-state index contributed by atoms with van der Waals surface area (Å²) in [7, 11) is -4.13. The van der Waals surface area contributed by atoms with Crippen LogP contribution in [-0.4, -0.2) is 32.2 Å². The van der Waals surface area contributed by atoms with Gasteiger partial charge in [-0.05, 0) is 75.4 Å². The number of benzene rings is 4. The Kier molecular flexibility index (Phi) is 8.98. The lowest BCUT2D eigenvalue weighted by Crippen LogP contribution is -2.35. The van der Waals surface area contributed by atoms with Crippen LogP contribution in [0, 0.1) is 5.41 Å². The molecule has 0 aromatic heterocycles. The molecule has 0 bridgehead atoms. The molecule has 1 aliphatic heterocycles. The smallest absolute Gasteiger partial charge is 0.343 e. The first-order valence-corrected chi connectivity index (χ1v) is 15.9. The van der Waals surface area contributed by atoms with E-state index < -0.39 is 33.3 Å². The molecule has 11 nitrogen and oxygen atoms in total. The normalized spacial score (nSPS) is 13.8. The van der Waals surface area contributed by atoms with Crippen LogP contribution < -0.4 is 15.1 Å². The zero-order chi connectivity index (χ0) is 33.9. The van der Waals surface area contributed by atoms with Gasteiger partial charge in [-0.15, -0.1) is 5.06 Å². The average molecular weight is 654 g/mol. The van der Waals surface area contributed by atoms with Crippen LogP contribution in [0.25, 0.3) is 11.3 Å². The highest BCUT2D eigenvalue weighted by atomic mass is 32.2. The quantitative estimate of drug-likeness (QED) is 0.133. The summed E-state index contributed by atoms with van der Waals surface area (Å²) in [6.45, 7) is 6.19. The van der Waals surface area contributed by atoms with E-state index in [-0.39, 0.29) is 44.6 Å². The first-order valence-electron chi connectivity index (χ1n) is 14.4. The number of hydrogen-bond acceptors (Lipinski definition) is 8. The molecule has 47 heavy (non-hydrogen) atoms. The predicted octanol–water partition coefficient (Wildman–Crippen LogP) is 6.02. The Morgan fingerprint density at radius 3 is 1.91 bits per heavy atom. The molecule has 2 amide bonds. The molecule has 0 saturated carbocycles. The van der Waals surface area contributed by atoms with E-state index in [1.165, 1.54) is 49.4 Å². The van der Waals surface area contributed by atoms with Crippen molar-refractivity contribution in [3.05, 3.63) is 120 Å². The zero-order valence-electron chi connectivity index (χ0n) is 25.9. The van der Waals surface area contributed by atoms with Crippen LogP contribution in [0.2, 0.25) is 0 Å². The van der Waals surface area contributed by atoms with E-state index in [2.05, 4.69) is 10.0 Å². The minimum absolute atomic E-state index is 0.0491. The Morgan fingerprint density at radius 2 is 1.34 bits per heavy atom. The van der Waals surface area contributed by atoms with Gasteiger partial charge in [0.2, 0.25) is 5.91 Å². The van der Waals surface area contributed by atoms with Gasteiger partial charge in [0.05, 0.1) is 32.8 Å². The molecule has 240 valence electrons. The summed E-state index contributed by atoms with van der Waals surface area (Å²) in [4.78, 5) is 57.2. The number of amides is 2. The van der Waals surface area contributed by atoms with Crippen LogP contribution in [0.15, 0.2) is 108 Å². The summed E-state index contributed by atoms with van der Waals surface area (Å²) in [6, 6.07) is 26.6. The molecular weight excluding hydrogens is 622 g/mol. The SMILES string of the molecule is CC(=O)Nc1ccc(S(=O)(=O)Nc2ccc3c(c2)N(OC(=O)C(C)(C)C)C(=O)/C3=C(\OC(=O)c2ccccc2)c2ccccc2)cc1. The molecule has 4 aromatic rings. The number of rotatable bonds is 8. The van der Waals surface area contributed by atoms with Crippen molar-refractivity contribution >= 4 is 62.2 Å². The van der Waals surface area contributed by atoms with E-state index in [9.17, 15) is 27.6 Å². The Bertz CT molecular complexity index is 2000. The average Bonchev–Trinajstić information content (AvgIpc) is 3.29. The molecule has 4 aromatic carbocycles. The highest BCUT2D eigenvalue weighted by Crippen LogP contribution is 2.43. The molecule has 0 fully saturated rings. The van der Waals surface area contributed by atoms with Crippen LogP contribution >= 0.6 is 0 Å². The van der Waals surface area contributed by atoms with Gasteiger partial charge in [0.1, 0.15) is 0 Å². The monoisotopic (exact) mass is 653 g/mol. The number of nitrogens with zero attached hydrogens (tertiary/aromatic N) is 1. The molecule has 0 unspecified atom stereocenters. The summed E-state index contributed by atoms with van der Waals surface area (Å²) in [6.07, 6.45) is 0. The van der Waals surface area contributed by atoms with Gasteiger partial charge in [-0.3, -0.25) is 14.3 Å². The van der Waals surface area contributed by atoms with Crippen molar-refractivity contribution in [3.63, 3.8) is 0 Å². The van der Waals surface area contributed by atoms with E-state index in [0.29, 0.717) is 11.3 Å². The molecule has 0 atom stereocenters. The van der Waals surface area contributed by atoms with Gasteiger partial charge >= 0.3 is 11.9 Å². The van der Waals surface area contributed by atoms with E-state index in [4.69, 9.17) is 9.57 Å². The van der Waals surface area contributed by atoms with E-state index in [1.807, 2.05) is 0 Å². The minimum Gasteiger partial charge on any atom is -0.421 e. The van der Waals surface area contributed by atoms with Gasteiger partial charge in [0, 0.05) is 23.7 Å². The molecule has 0 radical (unpaired) electrons. The number of ether oxygens (including phenoxy) is 1. The fourth-order valence-electron chi connectivity index (χ4n) is 4.54. The summed E-state index contributed by atoms with van der Waals surface area (Å²) in [5, 5.41) is 3.35. The Hall–Kier alpha value is -5.75. The van der Waals surface area contributed by atoms with Crippen LogP contribution in [0.5, 0.6) is 0 Å². The van der Waals surface area contributed by atoms with Crippen LogP contribution in [0.4, 0.5) is 17.1 Å². The molecule has 0 spiro atoms. The second-order valence-electron chi connectivity index (χ2n) is 11.6. The van der Waals surface area contributed by atoms with Crippen molar-refractivity contribution in [1.29, 1.82) is 0 Å². The third-order valence-electron chi connectivity index (χ3n) is 6.88. The number of hydroxylamine groups is 1. The molecular formula is C35H31N3O8S. The highest BCUT2D eigenvalue weighted by molar-refractivity contribution is 7.92. The van der Waals surface area contributed by atoms with Crippen molar-refractivity contribution in [2.75, 3.05) is 15.1 Å². The third kappa shape index (κ3) is 7.23. The predicted molar refractivity (Wildman–Crippen MR) is 176 cm³/mol. The summed E-state index contributed by atoms with van der Waals surface area (Å²) in [5.41, 5.74) is 0.346. The van der Waals surface area contributed by atoms with Gasteiger partial charge in [0.25, 0.3) is 15.9 Å². The van der Waals surface area contributed by atoms with Crippen molar-refractivity contribution in [1.82, 2.24) is 0 Å². The number of esters is 1. The van der Waals surface area contributed by atoms with Crippen LogP contribution in [-0.2, 0) is 34.0 Å². The van der Waals surface area contributed by atoms with Crippen LogP contribution in [0.1, 0.15) is 49.2 Å². The second-order valence-corrected chi connectivity index (χ2v) is 13.3. The largest absolute Gasteiger partial charge is 0.421 e. The van der Waals surface area contributed by atoms with Crippen LogP contribution in [0.3, 0.4) is 0 Å². The molecule has 1 aliphatic rings. The lowest BCUT2D eigenvalue weighted by atomic mass is 9.98. The number of sulfonamides is 1. The Morgan fingerprint density at radius 1 is 0.766 bits per heavy atom. The number of nitrogens with one attached hydrogen (secondary N) is 2. The summed E-state index contributed by atoms with van der Waals surface area (Å²) < 4.78 is 34.9. The maximum atomic E-state index is 14.1. The zero-order valence-corrected chi connectivity index (χ0v) is 26.8. The van der Waals surface area contributed by atoms with E-state index in [1.54, 1.807) is 81.4 Å². The molecule has 0 saturated heterocycles. The van der Waals surface area contributed by atoms with Crippen molar-refractivity contribution in [2.24, 2.45) is 5.41 Å². The van der Waals surface area contributed by atoms with Crippen molar-refractivity contribution in [3.8, 4) is 0 Å². The highest BCUT2D eigenvalue weighted by Gasteiger charge is 2.41. The second kappa shape index (κ2) is 12.9. The lowest BCUT2D eigenvalue weighted by Gasteiger charge is -2.22. The first-order chi connectivity index (χ1) is 22.2. The number of carbonyl (C=O) groups excluding carboxylic acids is 4. The first kappa shape index (κ1) is 32.6. The molecule has 0 aliphatic carbocycles. The number of carbonyl (C=O) groups is 4. The summed E-state index contributed by atoms with van der Waals surface area (Å²) >= 11 is 0. The fourth-order valence-corrected chi connectivity index (χ4v) is 5.58. The van der Waals surface area contributed by atoms with Gasteiger partial charge in [-0.25, -0.2) is 18.0 Å². The van der Waals surface area contributed by atoms with Gasteiger partial charge in [-0.1, -0.05) is 48.5 Å². The molecule has 5 rings (SSSR count). The van der Waals surface area contributed by atoms with Crippen molar-refractivity contribution < 1.29 is 37.2 Å². The maximum Gasteiger partial charge on any atom is 0.343 e. The standard InChI is InChI=1S/C35H31N3O8S/c1-22(39)36-25-15-18-27(19-16-25)47(43,44)37-26-17-20-28-29(21-26)38(46-34(42)35(2,3)4)32(40)30(28)31(23-11-7-5-8-12-23)45-33(41)24-13-9-6-10-14-24/h5-21,37H,1-4H3,(H,36,39)/b31-30-. The number of hydrogen-bond donors (Lipinski definition) is 2. The molecule has 12 heteroatoms. The molecule has 1 heterocycles. The maximum absolute atomic E-state index is 14.1. The van der Waals surface area contributed by atoms with Gasteiger partial charge in [0.15, 0.2) is 5.76 Å². The third-order valence-corrected chi connectivity index (χ3v) is 8.27. The van der Waals surface area contributed by atoms with Crippen molar-refractivity contribution in [2.45, 2.75) is 32.6 Å². The topological polar surface area (TPSA) is 148 Å².